The van der Waals surface area contributed by atoms with E-state index in [4.69, 9.17) is 4.74 Å². The van der Waals surface area contributed by atoms with Crippen LogP contribution in [0.3, 0.4) is 0 Å². The molecule has 1 aromatic heterocycles. The maximum Gasteiger partial charge on any atom is 0.335 e. The van der Waals surface area contributed by atoms with Gasteiger partial charge in [0.1, 0.15) is 0 Å². The molecule has 32 heavy (non-hydrogen) atoms. The van der Waals surface area contributed by atoms with Crippen molar-refractivity contribution in [3.8, 4) is 0 Å². The molecule has 2 saturated carbocycles. The van der Waals surface area contributed by atoms with E-state index in [2.05, 4.69) is 33.0 Å². The highest BCUT2D eigenvalue weighted by Gasteiger charge is 2.44. The van der Waals surface area contributed by atoms with Crippen LogP contribution in [0.15, 0.2) is 30.5 Å². The number of aromatic carboxylic acids is 1. The summed E-state index contributed by atoms with van der Waals surface area (Å²) in [6, 6.07) is 7.59. The second-order valence-corrected chi connectivity index (χ2v) is 10.0. The predicted molar refractivity (Wildman–Crippen MR) is 120 cm³/mol. The summed E-state index contributed by atoms with van der Waals surface area (Å²) >= 11 is 0. The lowest BCUT2D eigenvalue weighted by molar-refractivity contribution is -0.0375. The molecule has 1 aliphatic heterocycles. The number of rotatable bonds is 9. The molecule has 1 N–H and O–H groups in total. The number of nitrogens with zero attached hydrogens (tertiary/aromatic N) is 4. The molecule has 0 amide bonds. The van der Waals surface area contributed by atoms with Crippen molar-refractivity contribution in [3.05, 3.63) is 47.3 Å². The first-order valence-corrected chi connectivity index (χ1v) is 12.2. The van der Waals surface area contributed by atoms with E-state index >= 15 is 0 Å². The molecule has 2 aromatic rings. The number of hydrogen-bond donors (Lipinski definition) is 1. The summed E-state index contributed by atoms with van der Waals surface area (Å²) in [6.07, 6.45) is 9.11. The fourth-order valence-electron chi connectivity index (χ4n) is 5.53. The first-order chi connectivity index (χ1) is 15.6. The van der Waals surface area contributed by atoms with Crippen LogP contribution in [0.2, 0.25) is 0 Å². The van der Waals surface area contributed by atoms with Crippen LogP contribution in [-0.4, -0.2) is 56.8 Å². The van der Waals surface area contributed by atoms with Crippen LogP contribution >= 0.6 is 0 Å². The summed E-state index contributed by atoms with van der Waals surface area (Å²) in [7, 11) is 0. The van der Waals surface area contributed by atoms with Crippen molar-refractivity contribution in [1.29, 1.82) is 0 Å². The van der Waals surface area contributed by atoms with E-state index in [9.17, 15) is 9.90 Å². The van der Waals surface area contributed by atoms with Gasteiger partial charge in [-0.25, -0.2) is 9.48 Å². The number of hydrogen-bond acceptors (Lipinski definition) is 5. The smallest absolute Gasteiger partial charge is 0.335 e. The Morgan fingerprint density at radius 2 is 2.03 bits per heavy atom. The number of aryl methyl sites for hydroxylation is 1. The van der Waals surface area contributed by atoms with E-state index in [1.807, 2.05) is 12.1 Å². The quantitative estimate of drug-likeness (QED) is 0.641. The second kappa shape index (κ2) is 9.32. The van der Waals surface area contributed by atoms with Gasteiger partial charge >= 0.3 is 5.97 Å². The summed E-state index contributed by atoms with van der Waals surface area (Å²) in [5.41, 5.74) is 2.51. The molecule has 4 atom stereocenters. The fourth-order valence-corrected chi connectivity index (χ4v) is 5.53. The number of carboxylic acid groups (broad SMARTS) is 1. The molecule has 0 spiro atoms. The van der Waals surface area contributed by atoms with Gasteiger partial charge in [-0.15, -0.1) is 5.10 Å². The third-order valence-corrected chi connectivity index (χ3v) is 7.39. The molecule has 1 aromatic carbocycles. The number of aromatic nitrogens is 3. The number of carboxylic acids is 1. The molecule has 5 rings (SSSR count). The summed E-state index contributed by atoms with van der Waals surface area (Å²) < 4.78 is 8.56. The zero-order chi connectivity index (χ0) is 22.1. The summed E-state index contributed by atoms with van der Waals surface area (Å²) in [5, 5.41) is 18.2. The molecular weight excluding hydrogens is 404 g/mol. The predicted octanol–water partition coefficient (Wildman–Crippen LogP) is 3.81. The van der Waals surface area contributed by atoms with Gasteiger partial charge in [0, 0.05) is 32.4 Å². The van der Waals surface area contributed by atoms with Crippen molar-refractivity contribution < 1.29 is 14.6 Å². The van der Waals surface area contributed by atoms with Crippen molar-refractivity contribution in [2.45, 2.75) is 64.1 Å². The van der Waals surface area contributed by atoms with E-state index in [1.165, 1.54) is 12.8 Å². The first-order valence-electron chi connectivity index (χ1n) is 12.2. The van der Waals surface area contributed by atoms with Gasteiger partial charge in [0.15, 0.2) is 0 Å². The van der Waals surface area contributed by atoms with Crippen LogP contribution in [0.5, 0.6) is 0 Å². The molecule has 2 aliphatic carbocycles. The molecule has 0 bridgehead atoms. The van der Waals surface area contributed by atoms with Gasteiger partial charge in [0.05, 0.1) is 23.4 Å². The highest BCUT2D eigenvalue weighted by molar-refractivity contribution is 5.87. The lowest BCUT2D eigenvalue weighted by Gasteiger charge is -2.37. The van der Waals surface area contributed by atoms with Gasteiger partial charge in [-0.1, -0.05) is 30.7 Å². The van der Waals surface area contributed by atoms with Crippen LogP contribution in [0.4, 0.5) is 0 Å². The van der Waals surface area contributed by atoms with Crippen LogP contribution in [0.25, 0.3) is 0 Å². The first kappa shape index (κ1) is 21.6. The van der Waals surface area contributed by atoms with Crippen molar-refractivity contribution in [2.24, 2.45) is 17.8 Å². The average molecular weight is 439 g/mol. The Hall–Kier alpha value is -2.25. The molecule has 7 heteroatoms. The fraction of sp³-hybridized carbons (Fsp3) is 0.640. The number of ether oxygens (including phenoxy) is 1. The largest absolute Gasteiger partial charge is 0.478 e. The molecule has 1 saturated heterocycles. The summed E-state index contributed by atoms with van der Waals surface area (Å²) in [6.45, 7) is 5.95. The van der Waals surface area contributed by atoms with Gasteiger partial charge in [-0.2, -0.15) is 0 Å². The molecule has 7 nitrogen and oxygen atoms in total. The van der Waals surface area contributed by atoms with Gasteiger partial charge in [0.25, 0.3) is 0 Å². The molecule has 2 heterocycles. The molecule has 3 fully saturated rings. The third-order valence-electron chi connectivity index (χ3n) is 7.39. The number of benzene rings is 1. The second-order valence-electron chi connectivity index (χ2n) is 10.0. The number of fused-ring (bicyclic) bond motifs is 1. The van der Waals surface area contributed by atoms with Crippen molar-refractivity contribution in [3.63, 3.8) is 0 Å². The normalized spacial score (nSPS) is 28.0. The maximum atomic E-state index is 11.3. The Morgan fingerprint density at radius 1 is 1.22 bits per heavy atom. The highest BCUT2D eigenvalue weighted by Crippen LogP contribution is 2.43. The Kier molecular flexibility index (Phi) is 6.28. The van der Waals surface area contributed by atoms with Crippen molar-refractivity contribution in [2.75, 3.05) is 19.7 Å². The molecular formula is C25H34N4O3. The lowest BCUT2D eigenvalue weighted by Crippen LogP contribution is -2.38. The van der Waals surface area contributed by atoms with E-state index in [-0.39, 0.29) is 12.1 Å². The molecule has 0 radical (unpaired) electrons. The van der Waals surface area contributed by atoms with Gasteiger partial charge in [-0.3, -0.25) is 4.90 Å². The minimum atomic E-state index is -0.865. The standard InChI is InChI=1S/C25H34N4O3/c1-2-4-22-15-29(27-26-22)23-10-20-13-28(12-18-5-3-6-19(9-18)25(30)31)14-21(20)11-24(23)32-16-17-7-8-17/h3,5-6,9,15,17,20-21,23-24H,2,4,7-8,10-14,16H2,1H3,(H,30,31)/t20-,21+,23-,24-/m1/s1. The maximum absolute atomic E-state index is 11.3. The lowest BCUT2D eigenvalue weighted by atomic mass is 9.77. The highest BCUT2D eigenvalue weighted by atomic mass is 16.5. The Balaban J connectivity index is 1.27. The molecule has 0 unspecified atom stereocenters. The van der Waals surface area contributed by atoms with Crippen LogP contribution in [0, 0.1) is 17.8 Å². The van der Waals surface area contributed by atoms with Crippen LogP contribution < -0.4 is 0 Å². The monoisotopic (exact) mass is 438 g/mol. The van der Waals surface area contributed by atoms with E-state index in [0.29, 0.717) is 17.4 Å². The zero-order valence-corrected chi connectivity index (χ0v) is 18.9. The molecule has 3 aliphatic rings. The topological polar surface area (TPSA) is 80.5 Å². The Bertz CT molecular complexity index is 941. The molecule has 172 valence electrons. The average Bonchev–Trinajstić information content (AvgIpc) is 3.36. The minimum Gasteiger partial charge on any atom is -0.478 e. The Morgan fingerprint density at radius 3 is 2.78 bits per heavy atom. The van der Waals surface area contributed by atoms with Gasteiger partial charge < -0.3 is 9.84 Å². The van der Waals surface area contributed by atoms with Crippen LogP contribution in [0.1, 0.15) is 66.7 Å². The SMILES string of the molecule is CCCc1cn([C@@H]2C[C@@H]3CN(Cc4cccc(C(=O)O)c4)C[C@@H]3C[C@H]2OCC2CC2)nn1. The van der Waals surface area contributed by atoms with Gasteiger partial charge in [-0.05, 0) is 67.6 Å². The number of likely N-dealkylation sites (tertiary alicyclic amines) is 1. The zero-order valence-electron chi connectivity index (χ0n) is 18.9. The van der Waals surface area contributed by atoms with E-state index < -0.39 is 5.97 Å². The van der Waals surface area contributed by atoms with Crippen molar-refractivity contribution in [1.82, 2.24) is 19.9 Å². The summed E-state index contributed by atoms with van der Waals surface area (Å²) in [5.74, 6) is 1.12. The van der Waals surface area contributed by atoms with E-state index in [1.54, 1.807) is 12.1 Å². The minimum absolute atomic E-state index is 0.198. The summed E-state index contributed by atoms with van der Waals surface area (Å²) in [4.78, 5) is 13.8. The third kappa shape index (κ3) is 4.89. The van der Waals surface area contributed by atoms with Crippen LogP contribution in [-0.2, 0) is 17.7 Å². The van der Waals surface area contributed by atoms with Crippen molar-refractivity contribution >= 4 is 5.97 Å². The Labute approximate surface area is 189 Å². The number of carbonyl (C=O) groups is 1. The van der Waals surface area contributed by atoms with Gasteiger partial charge in [0.2, 0.25) is 0 Å². The van der Waals surface area contributed by atoms with E-state index in [0.717, 1.165) is 69.1 Å².